The number of hydrogen-bond acceptors (Lipinski definition) is 3. The second-order valence-electron chi connectivity index (χ2n) is 6.51. The maximum absolute atomic E-state index is 12.6. The molecule has 1 saturated heterocycles. The van der Waals surface area contributed by atoms with Gasteiger partial charge in [-0.1, -0.05) is 12.8 Å². The first-order chi connectivity index (χ1) is 11.2. The van der Waals surface area contributed by atoms with Gasteiger partial charge in [0.05, 0.1) is 11.0 Å². The van der Waals surface area contributed by atoms with Gasteiger partial charge in [0.1, 0.15) is 0 Å². The molecule has 0 unspecified atom stereocenters. The molecule has 2 aliphatic rings. The number of hydrogen-bond donors (Lipinski definition) is 2. The number of nitrogens with zero attached hydrogens (tertiary/aromatic N) is 2. The summed E-state index contributed by atoms with van der Waals surface area (Å²) in [6.45, 7) is 3.14. The van der Waals surface area contributed by atoms with Gasteiger partial charge in [0.25, 0.3) is 5.91 Å². The largest absolute Gasteiger partial charge is 0.336 e. The summed E-state index contributed by atoms with van der Waals surface area (Å²) in [6, 6.07) is 5.89. The zero-order chi connectivity index (χ0) is 15.8. The fraction of sp³-hybridized carbons (Fsp3) is 0.529. The van der Waals surface area contributed by atoms with Crippen LogP contribution < -0.4 is 11.0 Å². The number of aromatic nitrogens is 2. The maximum Gasteiger partial charge on any atom is 0.326 e. The van der Waals surface area contributed by atoms with Crippen molar-refractivity contribution in [3.8, 4) is 0 Å². The molecule has 2 heterocycles. The number of carbonyl (C=O) groups excluding carboxylic acids is 1. The van der Waals surface area contributed by atoms with Crippen molar-refractivity contribution in [3.63, 3.8) is 0 Å². The number of amides is 1. The van der Waals surface area contributed by atoms with E-state index in [1.54, 1.807) is 0 Å². The van der Waals surface area contributed by atoms with Crippen molar-refractivity contribution in [1.82, 2.24) is 19.8 Å². The second kappa shape index (κ2) is 6.99. The number of aromatic amines is 1. The first-order valence-corrected chi connectivity index (χ1v) is 8.48. The van der Waals surface area contributed by atoms with Crippen molar-refractivity contribution >= 4 is 29.3 Å². The average molecular weight is 351 g/mol. The second-order valence-corrected chi connectivity index (χ2v) is 6.51. The van der Waals surface area contributed by atoms with Crippen molar-refractivity contribution in [2.75, 3.05) is 26.2 Å². The fourth-order valence-corrected chi connectivity index (χ4v) is 3.84. The van der Waals surface area contributed by atoms with E-state index >= 15 is 0 Å². The van der Waals surface area contributed by atoms with Gasteiger partial charge in [0.15, 0.2) is 0 Å². The Hall–Kier alpha value is -1.79. The van der Waals surface area contributed by atoms with Gasteiger partial charge in [0, 0.05) is 37.8 Å². The van der Waals surface area contributed by atoms with Crippen LogP contribution in [-0.2, 0) is 0 Å². The fourth-order valence-electron chi connectivity index (χ4n) is 3.84. The van der Waals surface area contributed by atoms with Gasteiger partial charge in [-0.25, -0.2) is 4.79 Å². The highest BCUT2D eigenvalue weighted by Gasteiger charge is 2.23. The molecule has 0 atom stereocenters. The number of halogens is 1. The Morgan fingerprint density at radius 2 is 1.83 bits per heavy atom. The van der Waals surface area contributed by atoms with Gasteiger partial charge in [0.2, 0.25) is 0 Å². The lowest BCUT2D eigenvalue weighted by Crippen LogP contribution is -2.46. The van der Waals surface area contributed by atoms with E-state index < -0.39 is 0 Å². The average Bonchev–Trinajstić information content (AvgIpc) is 3.20. The van der Waals surface area contributed by atoms with E-state index in [1.807, 2.05) is 27.7 Å². The van der Waals surface area contributed by atoms with Crippen LogP contribution in [0.25, 0.3) is 11.0 Å². The summed E-state index contributed by atoms with van der Waals surface area (Å²) in [7, 11) is 0. The number of imidazole rings is 1. The van der Waals surface area contributed by atoms with Gasteiger partial charge in [-0.05, 0) is 31.0 Å². The van der Waals surface area contributed by atoms with Gasteiger partial charge >= 0.3 is 5.69 Å². The van der Waals surface area contributed by atoms with Gasteiger partial charge in [-0.15, -0.1) is 12.4 Å². The Kier molecular flexibility index (Phi) is 4.96. The molecule has 1 aliphatic carbocycles. The van der Waals surface area contributed by atoms with Crippen LogP contribution in [0.15, 0.2) is 23.0 Å². The van der Waals surface area contributed by atoms with Crippen LogP contribution in [0.3, 0.4) is 0 Å². The molecule has 6 nitrogen and oxygen atoms in total. The van der Waals surface area contributed by atoms with Crippen LogP contribution in [0, 0.1) is 0 Å². The molecular weight excluding hydrogens is 328 g/mol. The summed E-state index contributed by atoms with van der Waals surface area (Å²) in [5.41, 5.74) is 2.28. The van der Waals surface area contributed by atoms with Crippen LogP contribution in [0.2, 0.25) is 0 Å². The van der Waals surface area contributed by atoms with Crippen LogP contribution in [0.5, 0.6) is 0 Å². The zero-order valence-corrected chi connectivity index (χ0v) is 14.4. The van der Waals surface area contributed by atoms with Crippen LogP contribution in [0.1, 0.15) is 42.1 Å². The highest BCUT2D eigenvalue weighted by atomic mass is 35.5. The Morgan fingerprint density at radius 1 is 1.12 bits per heavy atom. The molecule has 1 aliphatic heterocycles. The van der Waals surface area contributed by atoms with Crippen LogP contribution >= 0.6 is 12.4 Å². The van der Waals surface area contributed by atoms with E-state index in [2.05, 4.69) is 10.3 Å². The molecule has 1 aromatic carbocycles. The zero-order valence-electron chi connectivity index (χ0n) is 13.6. The number of fused-ring (bicyclic) bond motifs is 1. The number of benzene rings is 1. The quantitative estimate of drug-likeness (QED) is 0.869. The predicted octanol–water partition coefficient (Wildman–Crippen LogP) is 1.91. The molecule has 130 valence electrons. The smallest absolute Gasteiger partial charge is 0.326 e. The molecule has 24 heavy (non-hydrogen) atoms. The third kappa shape index (κ3) is 2.96. The monoisotopic (exact) mass is 350 g/mol. The van der Waals surface area contributed by atoms with Gasteiger partial charge in [-0.3, -0.25) is 9.36 Å². The number of carbonyl (C=O) groups is 1. The van der Waals surface area contributed by atoms with Gasteiger partial charge < -0.3 is 15.2 Å². The molecule has 2 fully saturated rings. The van der Waals surface area contributed by atoms with Crippen molar-refractivity contribution < 1.29 is 4.79 Å². The van der Waals surface area contributed by atoms with Crippen molar-refractivity contribution in [2.24, 2.45) is 0 Å². The standard InChI is InChI=1S/C17H22N4O2.ClH/c22-16(20-9-7-18-8-10-20)12-5-6-15-14(11-12)19-17(23)21(15)13-3-1-2-4-13;/h5-6,11,13,18H,1-4,7-10H2,(H,19,23);1H. The summed E-state index contributed by atoms with van der Waals surface area (Å²) in [5, 5.41) is 3.25. The Bertz CT molecular complexity index is 785. The first-order valence-electron chi connectivity index (χ1n) is 8.48. The molecule has 0 bridgehead atoms. The third-order valence-corrected chi connectivity index (χ3v) is 5.06. The highest BCUT2D eigenvalue weighted by molar-refractivity contribution is 5.97. The maximum atomic E-state index is 12.6. The number of nitrogens with one attached hydrogen (secondary N) is 2. The minimum Gasteiger partial charge on any atom is -0.336 e. The number of piperazine rings is 1. The summed E-state index contributed by atoms with van der Waals surface area (Å²) in [4.78, 5) is 29.7. The summed E-state index contributed by atoms with van der Waals surface area (Å²) >= 11 is 0. The van der Waals surface area contributed by atoms with Gasteiger partial charge in [-0.2, -0.15) is 0 Å². The SMILES string of the molecule is Cl.O=C(c1ccc2c(c1)[nH]c(=O)n2C1CCCC1)N1CCNCC1. The first kappa shape index (κ1) is 17.0. The summed E-state index contributed by atoms with van der Waals surface area (Å²) in [5.74, 6) is 0.0443. The number of H-pyrrole nitrogens is 1. The molecule has 1 amide bonds. The topological polar surface area (TPSA) is 70.1 Å². The molecule has 1 aromatic heterocycles. The third-order valence-electron chi connectivity index (χ3n) is 5.06. The summed E-state index contributed by atoms with van der Waals surface area (Å²) in [6.07, 6.45) is 4.50. The van der Waals surface area contributed by atoms with E-state index in [4.69, 9.17) is 0 Å². The molecule has 2 N–H and O–H groups in total. The lowest BCUT2D eigenvalue weighted by atomic mass is 10.1. The summed E-state index contributed by atoms with van der Waals surface area (Å²) < 4.78 is 1.88. The molecule has 4 rings (SSSR count). The Labute approximate surface area is 146 Å². The molecule has 0 spiro atoms. The predicted molar refractivity (Wildman–Crippen MR) is 96.1 cm³/mol. The van der Waals surface area contributed by atoms with Crippen LogP contribution in [-0.4, -0.2) is 46.5 Å². The lowest BCUT2D eigenvalue weighted by molar-refractivity contribution is 0.0736. The molecule has 1 saturated carbocycles. The number of rotatable bonds is 2. The van der Waals surface area contributed by atoms with E-state index in [1.165, 1.54) is 12.8 Å². The van der Waals surface area contributed by atoms with E-state index in [0.717, 1.165) is 50.1 Å². The Morgan fingerprint density at radius 3 is 2.54 bits per heavy atom. The van der Waals surface area contributed by atoms with Crippen molar-refractivity contribution in [2.45, 2.75) is 31.7 Å². The minimum atomic E-state index is -0.0568. The lowest BCUT2D eigenvalue weighted by Gasteiger charge is -2.27. The van der Waals surface area contributed by atoms with Crippen molar-refractivity contribution in [3.05, 3.63) is 34.2 Å². The van der Waals surface area contributed by atoms with E-state index in [0.29, 0.717) is 11.6 Å². The van der Waals surface area contributed by atoms with E-state index in [-0.39, 0.29) is 24.0 Å². The van der Waals surface area contributed by atoms with E-state index in [9.17, 15) is 9.59 Å². The molecular formula is C17H23ClN4O2. The molecule has 2 aromatic rings. The minimum absolute atomic E-state index is 0. The molecule has 0 radical (unpaired) electrons. The van der Waals surface area contributed by atoms with Crippen molar-refractivity contribution in [1.29, 1.82) is 0 Å². The normalized spacial score (nSPS) is 18.8. The highest BCUT2D eigenvalue weighted by Crippen LogP contribution is 2.30. The molecule has 7 heteroatoms. The Balaban J connectivity index is 0.00000169. The van der Waals surface area contributed by atoms with Crippen LogP contribution in [0.4, 0.5) is 0 Å².